The van der Waals surface area contributed by atoms with Crippen LogP contribution in [0.2, 0.25) is 0 Å². The quantitative estimate of drug-likeness (QED) is 0.154. The van der Waals surface area contributed by atoms with Crippen LogP contribution in [0.1, 0.15) is 0 Å². The molecule has 10 aromatic carbocycles. The van der Waals surface area contributed by atoms with Gasteiger partial charge in [0, 0.05) is 34.1 Å². The summed E-state index contributed by atoms with van der Waals surface area (Å²) in [7, 11) is 0. The molecule has 54 heavy (non-hydrogen) atoms. The molecule has 0 aliphatic rings. The first-order valence-corrected chi connectivity index (χ1v) is 18.5. The number of benzene rings is 10. The Labute approximate surface area is 315 Å². The van der Waals surface area contributed by atoms with E-state index in [0.29, 0.717) is 0 Å². The van der Waals surface area contributed by atoms with Gasteiger partial charge in [-0.15, -0.1) is 0 Å². The molecule has 0 N–H and O–H groups in total. The highest BCUT2D eigenvalue weighted by Crippen LogP contribution is 2.40. The van der Waals surface area contributed by atoms with Crippen molar-refractivity contribution in [3.05, 3.63) is 218 Å². The van der Waals surface area contributed by atoms with Crippen LogP contribution in [0.4, 0.5) is 34.1 Å². The lowest BCUT2D eigenvalue weighted by molar-refractivity contribution is 1.28. The van der Waals surface area contributed by atoms with Crippen LogP contribution in [0.25, 0.3) is 54.2 Å². The van der Waals surface area contributed by atoms with Crippen molar-refractivity contribution in [3.8, 4) is 11.1 Å². The molecule has 0 saturated carbocycles. The van der Waals surface area contributed by atoms with E-state index in [0.717, 1.165) is 34.1 Å². The van der Waals surface area contributed by atoms with Gasteiger partial charge < -0.3 is 9.80 Å². The fourth-order valence-electron chi connectivity index (χ4n) is 7.91. The second-order valence-corrected chi connectivity index (χ2v) is 13.8. The number of hydrogen-bond donors (Lipinski definition) is 0. The summed E-state index contributed by atoms with van der Waals surface area (Å²) in [6, 6.07) is 78.9. The molecule has 0 fully saturated rings. The number of fused-ring (bicyclic) bond motifs is 6. The van der Waals surface area contributed by atoms with Crippen LogP contribution in [0, 0.1) is 0 Å². The fraction of sp³-hybridized carbons (Fsp3) is 0. The molecule has 2 heteroatoms. The molecule has 0 aromatic heterocycles. The van der Waals surface area contributed by atoms with Crippen LogP contribution in [0.15, 0.2) is 218 Å². The minimum absolute atomic E-state index is 1.11. The number of rotatable bonds is 7. The Balaban J connectivity index is 1.01. The zero-order valence-electron chi connectivity index (χ0n) is 29.7. The summed E-state index contributed by atoms with van der Waals surface area (Å²) in [6.45, 7) is 0. The number of hydrogen-bond acceptors (Lipinski definition) is 2. The standard InChI is InChI=1S/C52H36N2/c1-3-13-43(14-4-1)53(47-33-27-41-21-19-39-11-7-9-17-49(39)51(41)35-47)45-29-23-37(24-30-45)38-25-31-46(32-26-38)54(44-15-5-2-6-16-44)48-34-28-42-22-20-40-12-8-10-18-50(40)52(42)36-48/h1-36H. The van der Waals surface area contributed by atoms with E-state index in [4.69, 9.17) is 0 Å². The lowest BCUT2D eigenvalue weighted by atomic mass is 10.0. The molecule has 0 atom stereocenters. The molecule has 10 rings (SSSR count). The average molecular weight is 689 g/mol. The summed E-state index contributed by atoms with van der Waals surface area (Å²) in [5.74, 6) is 0. The van der Waals surface area contributed by atoms with Gasteiger partial charge in [0.15, 0.2) is 0 Å². The zero-order valence-corrected chi connectivity index (χ0v) is 29.7. The fourth-order valence-corrected chi connectivity index (χ4v) is 7.91. The Hall–Kier alpha value is -7.16. The third-order valence-corrected chi connectivity index (χ3v) is 10.6. The summed E-state index contributed by atoms with van der Waals surface area (Å²) in [5, 5.41) is 10.0. The first-order chi connectivity index (χ1) is 26.8. The van der Waals surface area contributed by atoms with Crippen LogP contribution < -0.4 is 9.80 Å². The van der Waals surface area contributed by atoms with Crippen molar-refractivity contribution in [2.24, 2.45) is 0 Å². The molecule has 2 nitrogen and oxygen atoms in total. The molecule has 10 aromatic rings. The van der Waals surface area contributed by atoms with Gasteiger partial charge in [0.25, 0.3) is 0 Å². The molecular weight excluding hydrogens is 653 g/mol. The molecule has 0 bridgehead atoms. The van der Waals surface area contributed by atoms with Crippen LogP contribution in [-0.4, -0.2) is 0 Å². The van der Waals surface area contributed by atoms with Gasteiger partial charge in [0.2, 0.25) is 0 Å². The van der Waals surface area contributed by atoms with Gasteiger partial charge in [-0.05, 0) is 127 Å². The van der Waals surface area contributed by atoms with Gasteiger partial charge >= 0.3 is 0 Å². The van der Waals surface area contributed by atoms with E-state index in [1.807, 2.05) is 0 Å². The predicted octanol–water partition coefficient (Wildman–Crippen LogP) is 14.9. The van der Waals surface area contributed by atoms with Crippen molar-refractivity contribution in [1.82, 2.24) is 0 Å². The topological polar surface area (TPSA) is 6.48 Å². The first kappa shape index (κ1) is 31.6. The Morgan fingerprint density at radius 3 is 0.907 bits per heavy atom. The lowest BCUT2D eigenvalue weighted by Crippen LogP contribution is -2.10. The summed E-state index contributed by atoms with van der Waals surface area (Å²) in [6.07, 6.45) is 0. The van der Waals surface area contributed by atoms with E-state index in [-0.39, 0.29) is 0 Å². The second kappa shape index (κ2) is 13.4. The molecule has 0 heterocycles. The average Bonchev–Trinajstić information content (AvgIpc) is 3.25. The van der Waals surface area contributed by atoms with E-state index in [2.05, 4.69) is 228 Å². The predicted molar refractivity (Wildman–Crippen MR) is 231 cm³/mol. The van der Waals surface area contributed by atoms with Crippen LogP contribution >= 0.6 is 0 Å². The zero-order chi connectivity index (χ0) is 35.8. The van der Waals surface area contributed by atoms with E-state index in [1.54, 1.807) is 0 Å². The molecule has 0 unspecified atom stereocenters. The van der Waals surface area contributed by atoms with Crippen molar-refractivity contribution in [3.63, 3.8) is 0 Å². The maximum Gasteiger partial charge on any atom is 0.0468 e. The largest absolute Gasteiger partial charge is 0.310 e. The molecule has 0 saturated heterocycles. The molecule has 254 valence electrons. The van der Waals surface area contributed by atoms with Crippen molar-refractivity contribution in [2.45, 2.75) is 0 Å². The highest BCUT2D eigenvalue weighted by Gasteiger charge is 2.16. The van der Waals surface area contributed by atoms with Crippen LogP contribution in [0.5, 0.6) is 0 Å². The normalized spacial score (nSPS) is 11.3. The van der Waals surface area contributed by atoms with Gasteiger partial charge in [-0.25, -0.2) is 0 Å². The first-order valence-electron chi connectivity index (χ1n) is 18.5. The SMILES string of the molecule is c1ccc(N(c2ccc(-c3ccc(N(c4ccccc4)c4ccc5ccc6ccccc6c5c4)cc3)cc2)c2ccc3ccc4ccccc4c3c2)cc1. The third kappa shape index (κ3) is 5.71. The van der Waals surface area contributed by atoms with Gasteiger partial charge in [-0.2, -0.15) is 0 Å². The number of anilines is 6. The molecule has 0 aliphatic carbocycles. The van der Waals surface area contributed by atoms with Gasteiger partial charge in [0.05, 0.1) is 0 Å². The van der Waals surface area contributed by atoms with Gasteiger partial charge in [-0.1, -0.05) is 146 Å². The van der Waals surface area contributed by atoms with E-state index in [9.17, 15) is 0 Å². The third-order valence-electron chi connectivity index (χ3n) is 10.6. The van der Waals surface area contributed by atoms with Gasteiger partial charge in [-0.3, -0.25) is 0 Å². The van der Waals surface area contributed by atoms with Crippen molar-refractivity contribution in [2.75, 3.05) is 9.80 Å². The second-order valence-electron chi connectivity index (χ2n) is 13.8. The summed E-state index contributed by atoms with van der Waals surface area (Å²) in [5.41, 5.74) is 9.07. The minimum Gasteiger partial charge on any atom is -0.310 e. The number of para-hydroxylation sites is 2. The van der Waals surface area contributed by atoms with Crippen molar-refractivity contribution < 1.29 is 0 Å². The molecular formula is C52H36N2. The Morgan fingerprint density at radius 2 is 0.500 bits per heavy atom. The Kier molecular flexibility index (Phi) is 7.85. The lowest BCUT2D eigenvalue weighted by Gasteiger charge is -2.26. The summed E-state index contributed by atoms with van der Waals surface area (Å²) in [4.78, 5) is 4.69. The minimum atomic E-state index is 1.11. The van der Waals surface area contributed by atoms with E-state index < -0.39 is 0 Å². The smallest absolute Gasteiger partial charge is 0.0468 e. The molecule has 0 amide bonds. The van der Waals surface area contributed by atoms with E-state index in [1.165, 1.54) is 54.2 Å². The van der Waals surface area contributed by atoms with Crippen LogP contribution in [-0.2, 0) is 0 Å². The Bertz CT molecular complexity index is 2710. The van der Waals surface area contributed by atoms with Crippen molar-refractivity contribution >= 4 is 77.2 Å². The molecule has 0 spiro atoms. The molecule has 0 radical (unpaired) electrons. The Morgan fingerprint density at radius 1 is 0.204 bits per heavy atom. The van der Waals surface area contributed by atoms with Gasteiger partial charge in [0.1, 0.15) is 0 Å². The maximum atomic E-state index is 2.35. The van der Waals surface area contributed by atoms with E-state index >= 15 is 0 Å². The maximum absolute atomic E-state index is 2.35. The summed E-state index contributed by atoms with van der Waals surface area (Å²) >= 11 is 0. The highest BCUT2D eigenvalue weighted by atomic mass is 15.1. The highest BCUT2D eigenvalue weighted by molar-refractivity contribution is 6.10. The molecule has 0 aliphatic heterocycles. The van der Waals surface area contributed by atoms with Crippen LogP contribution in [0.3, 0.4) is 0 Å². The van der Waals surface area contributed by atoms with Crippen molar-refractivity contribution in [1.29, 1.82) is 0 Å². The monoisotopic (exact) mass is 688 g/mol. The number of nitrogens with zero attached hydrogens (tertiary/aromatic N) is 2. The summed E-state index contributed by atoms with van der Waals surface area (Å²) < 4.78 is 0.